The summed E-state index contributed by atoms with van der Waals surface area (Å²) in [5.74, 6) is 1.94. The molecule has 1 aliphatic rings. The van der Waals surface area contributed by atoms with Crippen molar-refractivity contribution in [3.63, 3.8) is 0 Å². The minimum absolute atomic E-state index is 0.563. The third-order valence-electron chi connectivity index (χ3n) is 3.35. The Bertz CT molecular complexity index is 486. The van der Waals surface area contributed by atoms with Crippen LogP contribution in [0.4, 0.5) is 0 Å². The monoisotopic (exact) mass is 288 g/mol. The fraction of sp³-hybridized carbons (Fsp3) is 0.444. The summed E-state index contributed by atoms with van der Waals surface area (Å²) in [6, 6.07) is 8.03. The molecule has 0 heterocycles. The molecule has 0 N–H and O–H groups in total. The molecule has 0 spiro atoms. The number of aryl methyl sites for hydroxylation is 1. The smallest absolute Gasteiger partial charge is 0.119 e. The fourth-order valence-corrected chi connectivity index (χ4v) is 2.03. The van der Waals surface area contributed by atoms with Gasteiger partial charge in [0.25, 0.3) is 0 Å². The fourth-order valence-electron chi connectivity index (χ4n) is 2.03. The predicted molar refractivity (Wildman–Crippen MR) is 84.5 cm³/mol. The molecule has 3 heteroatoms. The van der Waals surface area contributed by atoms with E-state index in [1.807, 2.05) is 24.3 Å². The summed E-state index contributed by atoms with van der Waals surface area (Å²) in [5.41, 5.74) is 2.64. The van der Waals surface area contributed by atoms with E-state index in [0.29, 0.717) is 26.4 Å². The van der Waals surface area contributed by atoms with Gasteiger partial charge >= 0.3 is 0 Å². The average molecular weight is 288 g/mol. The second-order valence-corrected chi connectivity index (χ2v) is 5.27. The van der Waals surface area contributed by atoms with Crippen LogP contribution in [0.15, 0.2) is 47.7 Å². The van der Waals surface area contributed by atoms with Crippen molar-refractivity contribution in [2.75, 3.05) is 26.4 Å². The summed E-state index contributed by atoms with van der Waals surface area (Å²) in [6.45, 7) is 6.54. The number of benzene rings is 1. The van der Waals surface area contributed by atoms with Gasteiger partial charge in [0.15, 0.2) is 0 Å². The van der Waals surface area contributed by atoms with E-state index in [9.17, 15) is 0 Å². The summed E-state index contributed by atoms with van der Waals surface area (Å²) in [7, 11) is 0. The van der Waals surface area contributed by atoms with Crippen molar-refractivity contribution in [1.82, 2.24) is 0 Å². The summed E-state index contributed by atoms with van der Waals surface area (Å²) < 4.78 is 16.7. The Hall–Kier alpha value is -1.74. The van der Waals surface area contributed by atoms with Gasteiger partial charge in [-0.25, -0.2) is 0 Å². The van der Waals surface area contributed by atoms with Crippen molar-refractivity contribution in [3.8, 4) is 5.75 Å². The van der Waals surface area contributed by atoms with E-state index in [4.69, 9.17) is 14.2 Å². The topological polar surface area (TPSA) is 27.7 Å². The molecule has 2 rings (SSSR count). The van der Waals surface area contributed by atoms with E-state index < -0.39 is 0 Å². The molecule has 0 saturated carbocycles. The molecule has 0 saturated heterocycles. The van der Waals surface area contributed by atoms with Gasteiger partial charge in [-0.1, -0.05) is 29.3 Å². The number of hydrogen-bond acceptors (Lipinski definition) is 3. The van der Waals surface area contributed by atoms with Crippen LogP contribution in [0.5, 0.6) is 5.75 Å². The molecular weight excluding hydrogens is 264 g/mol. The Balaban J connectivity index is 1.50. The van der Waals surface area contributed by atoms with Gasteiger partial charge in [0, 0.05) is 6.42 Å². The summed E-state index contributed by atoms with van der Waals surface area (Å²) in [5, 5.41) is 0. The third kappa shape index (κ3) is 6.05. The zero-order chi connectivity index (χ0) is 14.9. The van der Waals surface area contributed by atoms with Crippen LogP contribution in [0.1, 0.15) is 25.3 Å². The van der Waals surface area contributed by atoms with Gasteiger partial charge in [-0.05, 0) is 38.5 Å². The van der Waals surface area contributed by atoms with Crippen LogP contribution in [-0.2, 0) is 9.47 Å². The summed E-state index contributed by atoms with van der Waals surface area (Å²) >= 11 is 0. The van der Waals surface area contributed by atoms with Crippen molar-refractivity contribution < 1.29 is 14.2 Å². The van der Waals surface area contributed by atoms with Crippen LogP contribution in [0.3, 0.4) is 0 Å². The molecule has 0 aliphatic heterocycles. The van der Waals surface area contributed by atoms with Gasteiger partial charge in [-0.2, -0.15) is 0 Å². The first kappa shape index (κ1) is 15.6. The van der Waals surface area contributed by atoms with Crippen molar-refractivity contribution in [2.24, 2.45) is 0 Å². The molecule has 114 valence electrons. The maximum atomic E-state index is 5.66. The van der Waals surface area contributed by atoms with E-state index in [1.165, 1.54) is 11.1 Å². The van der Waals surface area contributed by atoms with Gasteiger partial charge < -0.3 is 14.2 Å². The number of allylic oxidation sites excluding steroid dienone is 4. The molecule has 0 atom stereocenters. The standard InChI is InChI=1S/C18H24O3/c1-15-3-7-17(8-4-15)20-13-11-19-12-14-21-18-9-5-16(2)6-10-18/h3-5,7-9H,6,10-14H2,1-2H3. The van der Waals surface area contributed by atoms with Gasteiger partial charge in [0.1, 0.15) is 19.0 Å². The van der Waals surface area contributed by atoms with Crippen molar-refractivity contribution in [3.05, 3.63) is 53.3 Å². The molecule has 0 radical (unpaired) electrons. The zero-order valence-electron chi connectivity index (χ0n) is 12.9. The first-order valence-corrected chi connectivity index (χ1v) is 7.50. The van der Waals surface area contributed by atoms with Crippen molar-refractivity contribution in [1.29, 1.82) is 0 Å². The molecule has 1 aromatic carbocycles. The Labute approximate surface area is 127 Å². The Morgan fingerprint density at radius 2 is 1.52 bits per heavy atom. The van der Waals surface area contributed by atoms with E-state index >= 15 is 0 Å². The lowest BCUT2D eigenvalue weighted by atomic mass is 10.1. The molecular formula is C18H24O3. The minimum Gasteiger partial charge on any atom is -0.496 e. The van der Waals surface area contributed by atoms with Crippen LogP contribution in [0.2, 0.25) is 0 Å². The number of rotatable bonds is 8. The predicted octanol–water partition coefficient (Wildman–Crippen LogP) is 4.03. The average Bonchev–Trinajstić information content (AvgIpc) is 2.50. The molecule has 3 nitrogen and oxygen atoms in total. The Morgan fingerprint density at radius 1 is 0.810 bits per heavy atom. The quantitative estimate of drug-likeness (QED) is 0.676. The number of ether oxygens (including phenoxy) is 3. The van der Waals surface area contributed by atoms with Crippen LogP contribution >= 0.6 is 0 Å². The van der Waals surface area contributed by atoms with Crippen LogP contribution in [0.25, 0.3) is 0 Å². The summed E-state index contributed by atoms with van der Waals surface area (Å²) in [6.07, 6.45) is 6.27. The molecule has 1 aliphatic carbocycles. The SMILES string of the molecule is CC1=CC=C(OCCOCCOc2ccc(C)cc2)CC1. The largest absolute Gasteiger partial charge is 0.496 e. The highest BCUT2D eigenvalue weighted by molar-refractivity contribution is 5.26. The van der Waals surface area contributed by atoms with Crippen molar-refractivity contribution in [2.45, 2.75) is 26.7 Å². The highest BCUT2D eigenvalue weighted by Crippen LogP contribution is 2.18. The van der Waals surface area contributed by atoms with E-state index in [0.717, 1.165) is 24.4 Å². The van der Waals surface area contributed by atoms with Crippen LogP contribution in [-0.4, -0.2) is 26.4 Å². The number of hydrogen-bond donors (Lipinski definition) is 0. The molecule has 21 heavy (non-hydrogen) atoms. The van der Waals surface area contributed by atoms with Gasteiger partial charge in [0.2, 0.25) is 0 Å². The lowest BCUT2D eigenvalue weighted by Gasteiger charge is -2.14. The second-order valence-electron chi connectivity index (χ2n) is 5.27. The first-order chi connectivity index (χ1) is 10.2. The highest BCUT2D eigenvalue weighted by Gasteiger charge is 2.03. The maximum Gasteiger partial charge on any atom is 0.119 e. The lowest BCUT2D eigenvalue weighted by Crippen LogP contribution is -2.11. The molecule has 1 aromatic rings. The molecule has 0 aromatic heterocycles. The summed E-state index contributed by atoms with van der Waals surface area (Å²) in [4.78, 5) is 0. The molecule has 0 fully saturated rings. The molecule has 0 bridgehead atoms. The zero-order valence-corrected chi connectivity index (χ0v) is 12.9. The Kier molecular flexibility index (Phi) is 6.35. The van der Waals surface area contributed by atoms with Gasteiger partial charge in [-0.15, -0.1) is 0 Å². The third-order valence-corrected chi connectivity index (χ3v) is 3.35. The van der Waals surface area contributed by atoms with Gasteiger partial charge in [0.05, 0.1) is 19.0 Å². The molecule has 0 amide bonds. The van der Waals surface area contributed by atoms with E-state index in [1.54, 1.807) is 0 Å². The Morgan fingerprint density at radius 3 is 2.19 bits per heavy atom. The molecule has 0 unspecified atom stereocenters. The van der Waals surface area contributed by atoms with Crippen molar-refractivity contribution >= 4 is 0 Å². The normalized spacial score (nSPS) is 14.4. The second kappa shape index (κ2) is 8.53. The lowest BCUT2D eigenvalue weighted by molar-refractivity contribution is 0.0565. The van der Waals surface area contributed by atoms with Crippen LogP contribution in [0, 0.1) is 6.92 Å². The van der Waals surface area contributed by atoms with E-state index in [-0.39, 0.29) is 0 Å². The maximum absolute atomic E-state index is 5.66. The minimum atomic E-state index is 0.563. The van der Waals surface area contributed by atoms with Gasteiger partial charge in [-0.3, -0.25) is 0 Å². The van der Waals surface area contributed by atoms with Crippen LogP contribution < -0.4 is 4.74 Å². The first-order valence-electron chi connectivity index (χ1n) is 7.50. The highest BCUT2D eigenvalue weighted by atomic mass is 16.5. The van der Waals surface area contributed by atoms with E-state index in [2.05, 4.69) is 26.0 Å².